The number of carbonyl (C=O) groups is 1. The van der Waals surface area contributed by atoms with E-state index in [1.807, 2.05) is 30.3 Å². The van der Waals surface area contributed by atoms with E-state index in [-0.39, 0.29) is 0 Å². The average molecular weight is 190 g/mol. The van der Waals surface area contributed by atoms with Gasteiger partial charge in [0.05, 0.1) is 5.69 Å². The van der Waals surface area contributed by atoms with Gasteiger partial charge in [-0.05, 0) is 18.1 Å². The minimum Gasteiger partial charge on any atom is -0.333 e. The first-order chi connectivity index (χ1) is 6.77. The van der Waals surface area contributed by atoms with Crippen LogP contribution >= 0.6 is 0 Å². The van der Waals surface area contributed by atoms with Crippen LogP contribution in [0.2, 0.25) is 0 Å². The highest BCUT2D eigenvalue weighted by Crippen LogP contribution is 2.25. The van der Waals surface area contributed by atoms with Crippen molar-refractivity contribution in [3.05, 3.63) is 42.1 Å². The molecule has 0 atom stereocenters. The van der Waals surface area contributed by atoms with Gasteiger partial charge in [-0.15, -0.1) is 0 Å². The Hall–Kier alpha value is -1.97. The van der Waals surface area contributed by atoms with Gasteiger partial charge in [0.2, 0.25) is 0 Å². The summed E-state index contributed by atoms with van der Waals surface area (Å²) in [6.45, 7) is 0. The largest absolute Gasteiger partial charge is 0.429 e. The summed E-state index contributed by atoms with van der Waals surface area (Å²) in [5.41, 5.74) is 6.91. The summed E-state index contributed by atoms with van der Waals surface area (Å²) >= 11 is 0. The van der Waals surface area contributed by atoms with E-state index in [0.717, 1.165) is 17.7 Å². The average Bonchev–Trinajstić information content (AvgIpc) is 2.18. The maximum absolute atomic E-state index is 10.6. The third kappa shape index (κ3) is 1.54. The molecule has 0 bridgehead atoms. The molecule has 0 spiro atoms. The predicted octanol–water partition coefficient (Wildman–Crippen LogP) is 1.57. The van der Waals surface area contributed by atoms with Gasteiger partial charge in [-0.25, -0.2) is 4.79 Å². The van der Waals surface area contributed by atoms with E-state index in [1.54, 1.807) is 6.20 Å². The zero-order valence-corrected chi connectivity index (χ0v) is 7.51. The lowest BCUT2D eigenvalue weighted by atomic mass is 10.1. The first-order valence-corrected chi connectivity index (χ1v) is 4.28. The zero-order valence-electron chi connectivity index (χ0n) is 7.51. The van der Waals surface area contributed by atoms with Crippen LogP contribution < -0.4 is 10.8 Å². The number of nitrogens with zero attached hydrogens (tertiary/aromatic N) is 1. The number of benzene rings is 1. The standard InChI is InChI=1S/C10H10N2O2/c11-10(13)14-12-7-3-5-8-4-1-2-6-9(8)12/h1-4,6-7H,5H2,(H2,11,13). The monoisotopic (exact) mass is 190 g/mol. The summed E-state index contributed by atoms with van der Waals surface area (Å²) in [5.74, 6) is 0. The topological polar surface area (TPSA) is 55.6 Å². The predicted molar refractivity (Wildman–Crippen MR) is 52.4 cm³/mol. The fraction of sp³-hybridized carbons (Fsp3) is 0.100. The molecule has 0 aliphatic carbocycles. The lowest BCUT2D eigenvalue weighted by Gasteiger charge is -2.23. The number of fused-ring (bicyclic) bond motifs is 1. The van der Waals surface area contributed by atoms with Crippen LogP contribution in [0.25, 0.3) is 0 Å². The molecule has 2 rings (SSSR count). The van der Waals surface area contributed by atoms with E-state index in [2.05, 4.69) is 0 Å². The Bertz CT molecular complexity index is 387. The normalized spacial score (nSPS) is 13.6. The van der Waals surface area contributed by atoms with E-state index in [1.165, 1.54) is 5.06 Å². The summed E-state index contributed by atoms with van der Waals surface area (Å²) in [6, 6.07) is 7.69. The highest BCUT2D eigenvalue weighted by molar-refractivity contribution is 5.68. The number of carbonyl (C=O) groups excluding carboxylic acids is 1. The molecule has 1 amide bonds. The van der Waals surface area contributed by atoms with E-state index in [4.69, 9.17) is 10.6 Å². The third-order valence-electron chi connectivity index (χ3n) is 2.00. The Morgan fingerprint density at radius 2 is 2.21 bits per heavy atom. The molecule has 1 heterocycles. The van der Waals surface area contributed by atoms with Crippen molar-refractivity contribution in [3.8, 4) is 0 Å². The van der Waals surface area contributed by atoms with Gasteiger partial charge in [-0.3, -0.25) is 0 Å². The number of para-hydroxylation sites is 1. The van der Waals surface area contributed by atoms with Crippen molar-refractivity contribution in [2.45, 2.75) is 6.42 Å². The van der Waals surface area contributed by atoms with Crippen LogP contribution in [0.3, 0.4) is 0 Å². The molecule has 1 aliphatic heterocycles. The number of hydrogen-bond acceptors (Lipinski definition) is 3. The first-order valence-electron chi connectivity index (χ1n) is 4.28. The highest BCUT2D eigenvalue weighted by Gasteiger charge is 2.14. The number of amides is 1. The van der Waals surface area contributed by atoms with E-state index < -0.39 is 6.09 Å². The molecule has 0 saturated carbocycles. The van der Waals surface area contributed by atoms with Crippen molar-refractivity contribution in [2.24, 2.45) is 5.73 Å². The van der Waals surface area contributed by atoms with Crippen LogP contribution in [0.1, 0.15) is 5.56 Å². The van der Waals surface area contributed by atoms with Crippen LogP contribution in [0.4, 0.5) is 10.5 Å². The van der Waals surface area contributed by atoms with Crippen molar-refractivity contribution in [3.63, 3.8) is 0 Å². The van der Waals surface area contributed by atoms with Gasteiger partial charge in [0.1, 0.15) is 0 Å². The maximum atomic E-state index is 10.6. The molecule has 1 aliphatic rings. The maximum Gasteiger partial charge on any atom is 0.429 e. The van der Waals surface area contributed by atoms with Gasteiger partial charge in [0.25, 0.3) is 0 Å². The Morgan fingerprint density at radius 3 is 3.00 bits per heavy atom. The number of allylic oxidation sites excluding steroid dienone is 1. The van der Waals surface area contributed by atoms with Crippen LogP contribution in [0, 0.1) is 0 Å². The van der Waals surface area contributed by atoms with Crippen LogP contribution in [-0.2, 0) is 11.3 Å². The van der Waals surface area contributed by atoms with E-state index in [0.29, 0.717) is 0 Å². The van der Waals surface area contributed by atoms with Gasteiger partial charge in [-0.1, -0.05) is 24.3 Å². The van der Waals surface area contributed by atoms with E-state index >= 15 is 0 Å². The molecule has 0 saturated heterocycles. The molecule has 14 heavy (non-hydrogen) atoms. The lowest BCUT2D eigenvalue weighted by Crippen LogP contribution is -2.27. The fourth-order valence-electron chi connectivity index (χ4n) is 1.43. The van der Waals surface area contributed by atoms with Crippen LogP contribution in [0.15, 0.2) is 36.5 Å². The summed E-state index contributed by atoms with van der Waals surface area (Å²) in [6.07, 6.45) is 3.62. The lowest BCUT2D eigenvalue weighted by molar-refractivity contribution is 0.155. The highest BCUT2D eigenvalue weighted by atomic mass is 16.7. The number of hydrogen-bond donors (Lipinski definition) is 1. The van der Waals surface area contributed by atoms with Gasteiger partial charge < -0.3 is 10.6 Å². The molecule has 4 heteroatoms. The number of primary amides is 1. The Balaban J connectivity index is 2.31. The SMILES string of the molecule is NC(=O)ON1C=CCc2ccccc21. The van der Waals surface area contributed by atoms with Crippen molar-refractivity contribution in [1.29, 1.82) is 0 Å². The number of anilines is 1. The molecule has 2 N–H and O–H groups in total. The van der Waals surface area contributed by atoms with E-state index in [9.17, 15) is 4.79 Å². The minimum atomic E-state index is -0.814. The summed E-state index contributed by atoms with van der Waals surface area (Å²) in [5, 5.41) is 1.38. The molecule has 1 aromatic carbocycles. The Morgan fingerprint density at radius 1 is 1.43 bits per heavy atom. The quantitative estimate of drug-likeness (QED) is 0.731. The van der Waals surface area contributed by atoms with Crippen molar-refractivity contribution in [2.75, 3.05) is 5.06 Å². The van der Waals surface area contributed by atoms with Gasteiger partial charge >= 0.3 is 6.09 Å². The van der Waals surface area contributed by atoms with Crippen LogP contribution in [0.5, 0.6) is 0 Å². The van der Waals surface area contributed by atoms with Crippen molar-refractivity contribution >= 4 is 11.8 Å². The summed E-state index contributed by atoms with van der Waals surface area (Å²) < 4.78 is 0. The second-order valence-corrected chi connectivity index (χ2v) is 2.95. The second kappa shape index (κ2) is 3.41. The summed E-state index contributed by atoms with van der Waals surface area (Å²) in [7, 11) is 0. The molecule has 0 aromatic heterocycles. The molecular formula is C10H10N2O2. The summed E-state index contributed by atoms with van der Waals surface area (Å²) in [4.78, 5) is 15.4. The van der Waals surface area contributed by atoms with Gasteiger partial charge in [0, 0.05) is 6.20 Å². The molecular weight excluding hydrogens is 180 g/mol. The molecule has 0 fully saturated rings. The van der Waals surface area contributed by atoms with Crippen LogP contribution in [-0.4, -0.2) is 6.09 Å². The minimum absolute atomic E-state index is 0.814. The number of hydroxylamine groups is 1. The second-order valence-electron chi connectivity index (χ2n) is 2.95. The van der Waals surface area contributed by atoms with Gasteiger partial charge in [-0.2, -0.15) is 5.06 Å². The molecule has 1 aromatic rings. The molecule has 0 radical (unpaired) electrons. The molecule has 4 nitrogen and oxygen atoms in total. The Kier molecular flexibility index (Phi) is 2.10. The number of nitrogens with two attached hydrogens (primary N) is 1. The fourth-order valence-corrected chi connectivity index (χ4v) is 1.43. The number of rotatable bonds is 1. The molecule has 0 unspecified atom stereocenters. The van der Waals surface area contributed by atoms with Gasteiger partial charge in [0.15, 0.2) is 0 Å². The first kappa shape index (κ1) is 8.62. The third-order valence-corrected chi connectivity index (χ3v) is 2.00. The van der Waals surface area contributed by atoms with Crippen molar-refractivity contribution in [1.82, 2.24) is 0 Å². The van der Waals surface area contributed by atoms with Crippen molar-refractivity contribution < 1.29 is 9.63 Å². The zero-order chi connectivity index (χ0) is 9.97. The smallest absolute Gasteiger partial charge is 0.333 e. The molecule has 72 valence electrons. The Labute approximate surface area is 81.5 Å².